The van der Waals surface area contributed by atoms with Crippen molar-refractivity contribution in [3.05, 3.63) is 78.6 Å². The molecular weight excluding hydrogens is 380 g/mol. The van der Waals surface area contributed by atoms with Gasteiger partial charge in [-0.2, -0.15) is 0 Å². The van der Waals surface area contributed by atoms with E-state index in [0.29, 0.717) is 18.8 Å². The number of ether oxygens (including phenoxy) is 1. The fraction of sp³-hybridized carbons (Fsp3) is 0.174. The van der Waals surface area contributed by atoms with Gasteiger partial charge in [0.2, 0.25) is 5.91 Å². The minimum Gasteiger partial charge on any atom is -0.444 e. The first-order valence-corrected chi connectivity index (χ1v) is 9.69. The molecule has 2 aromatic heterocycles. The molecule has 7 nitrogen and oxygen atoms in total. The summed E-state index contributed by atoms with van der Waals surface area (Å²) >= 11 is 0. The third-order valence-electron chi connectivity index (χ3n) is 5.03. The van der Waals surface area contributed by atoms with Gasteiger partial charge in [0.1, 0.15) is 12.3 Å². The van der Waals surface area contributed by atoms with Crippen molar-refractivity contribution in [1.82, 2.24) is 14.9 Å². The maximum Gasteiger partial charge on any atom is 0.412 e. The molecule has 0 radical (unpaired) electrons. The van der Waals surface area contributed by atoms with Crippen LogP contribution in [0.2, 0.25) is 0 Å². The monoisotopic (exact) mass is 402 g/mol. The number of rotatable bonds is 5. The van der Waals surface area contributed by atoms with Gasteiger partial charge in [-0.15, -0.1) is 0 Å². The molecule has 3 aromatic rings. The highest BCUT2D eigenvalue weighted by atomic mass is 16.5. The Bertz CT molecular complexity index is 1120. The first kappa shape index (κ1) is 19.4. The highest BCUT2D eigenvalue weighted by Crippen LogP contribution is 2.30. The number of pyridine rings is 1. The van der Waals surface area contributed by atoms with Crippen LogP contribution in [-0.4, -0.2) is 40.0 Å². The number of amides is 2. The van der Waals surface area contributed by atoms with Gasteiger partial charge in [-0.05, 0) is 29.7 Å². The van der Waals surface area contributed by atoms with Crippen molar-refractivity contribution >= 4 is 34.3 Å². The van der Waals surface area contributed by atoms with Gasteiger partial charge < -0.3 is 14.6 Å². The largest absolute Gasteiger partial charge is 0.444 e. The molecule has 0 aliphatic carbocycles. The third-order valence-corrected chi connectivity index (χ3v) is 5.03. The first-order chi connectivity index (χ1) is 14.6. The molecule has 0 spiro atoms. The van der Waals surface area contributed by atoms with Gasteiger partial charge in [-0.25, -0.2) is 9.78 Å². The van der Waals surface area contributed by atoms with E-state index in [2.05, 4.69) is 21.9 Å². The Balaban J connectivity index is 1.46. The summed E-state index contributed by atoms with van der Waals surface area (Å²) in [5, 5.41) is 3.64. The van der Waals surface area contributed by atoms with Crippen molar-refractivity contribution in [1.29, 1.82) is 0 Å². The lowest BCUT2D eigenvalue weighted by molar-refractivity contribution is -0.125. The van der Waals surface area contributed by atoms with Gasteiger partial charge in [0, 0.05) is 30.2 Å². The number of H-pyrrole nitrogens is 1. The number of nitrogens with one attached hydrogen (secondary N) is 2. The zero-order valence-electron chi connectivity index (χ0n) is 16.4. The Morgan fingerprint density at radius 3 is 2.87 bits per heavy atom. The van der Waals surface area contributed by atoms with Crippen LogP contribution in [0.25, 0.3) is 16.6 Å². The van der Waals surface area contributed by atoms with Crippen molar-refractivity contribution in [3.8, 4) is 0 Å². The van der Waals surface area contributed by atoms with E-state index >= 15 is 0 Å². The van der Waals surface area contributed by atoms with E-state index in [1.54, 1.807) is 11.1 Å². The standard InChI is InChI=1S/C23H22N4O3/c1-2-21(28)27-10-8-17(9-11-27)20-14-25-22-19(20)12-18(13-24-22)26-23(29)30-15-16-6-4-3-5-7-16/h2-8,12-14H,1,9-11,15H2,(H,24,25)(H,26,29). The molecule has 0 atom stereocenters. The number of carbonyl (C=O) groups excluding carboxylic acids is 2. The molecule has 1 aliphatic heterocycles. The Hall–Kier alpha value is -3.87. The molecule has 2 N–H and O–H groups in total. The number of benzene rings is 1. The van der Waals surface area contributed by atoms with Crippen molar-refractivity contribution in [2.75, 3.05) is 18.4 Å². The van der Waals surface area contributed by atoms with Crippen LogP contribution >= 0.6 is 0 Å². The molecule has 1 aromatic carbocycles. The lowest BCUT2D eigenvalue weighted by Gasteiger charge is -2.25. The van der Waals surface area contributed by atoms with Gasteiger partial charge in [0.15, 0.2) is 0 Å². The smallest absolute Gasteiger partial charge is 0.412 e. The van der Waals surface area contributed by atoms with E-state index in [9.17, 15) is 9.59 Å². The second-order valence-electron chi connectivity index (χ2n) is 6.98. The van der Waals surface area contributed by atoms with Crippen LogP contribution in [0.5, 0.6) is 0 Å². The summed E-state index contributed by atoms with van der Waals surface area (Å²) < 4.78 is 5.27. The Kier molecular flexibility index (Phi) is 5.61. The van der Waals surface area contributed by atoms with Crippen LogP contribution in [0.1, 0.15) is 17.5 Å². The highest BCUT2D eigenvalue weighted by molar-refractivity contribution is 5.95. The Morgan fingerprint density at radius 2 is 2.13 bits per heavy atom. The summed E-state index contributed by atoms with van der Waals surface area (Å²) in [5.74, 6) is -0.0635. The highest BCUT2D eigenvalue weighted by Gasteiger charge is 2.18. The van der Waals surface area contributed by atoms with E-state index in [4.69, 9.17) is 4.74 Å². The molecule has 1 aliphatic rings. The maximum atomic E-state index is 12.1. The summed E-state index contributed by atoms with van der Waals surface area (Å²) in [6.45, 7) is 4.92. The van der Waals surface area contributed by atoms with E-state index in [-0.39, 0.29) is 12.5 Å². The summed E-state index contributed by atoms with van der Waals surface area (Å²) in [7, 11) is 0. The second-order valence-corrected chi connectivity index (χ2v) is 6.98. The Labute approximate surface area is 174 Å². The molecule has 4 rings (SSSR count). The number of fused-ring (bicyclic) bond motifs is 1. The Morgan fingerprint density at radius 1 is 1.30 bits per heavy atom. The third kappa shape index (κ3) is 4.25. The molecule has 0 saturated heterocycles. The van der Waals surface area contributed by atoms with Crippen molar-refractivity contribution in [2.45, 2.75) is 13.0 Å². The summed E-state index contributed by atoms with van der Waals surface area (Å²) in [4.78, 5) is 33.2. The van der Waals surface area contributed by atoms with Crippen LogP contribution in [0, 0.1) is 0 Å². The fourth-order valence-electron chi connectivity index (χ4n) is 3.46. The first-order valence-electron chi connectivity index (χ1n) is 9.69. The molecule has 0 bridgehead atoms. The minimum absolute atomic E-state index is 0.0635. The average Bonchev–Trinajstić information content (AvgIpc) is 3.21. The second kappa shape index (κ2) is 8.65. The van der Waals surface area contributed by atoms with Crippen LogP contribution in [0.3, 0.4) is 0 Å². The average molecular weight is 402 g/mol. The number of aromatic nitrogens is 2. The maximum absolute atomic E-state index is 12.1. The fourth-order valence-corrected chi connectivity index (χ4v) is 3.46. The minimum atomic E-state index is -0.535. The molecule has 0 unspecified atom stereocenters. The van der Waals surface area contributed by atoms with Crippen LogP contribution in [-0.2, 0) is 16.1 Å². The molecule has 7 heteroatoms. The predicted molar refractivity (Wildman–Crippen MR) is 116 cm³/mol. The molecule has 152 valence electrons. The van der Waals surface area contributed by atoms with E-state index in [0.717, 1.165) is 34.2 Å². The van der Waals surface area contributed by atoms with Crippen molar-refractivity contribution in [2.24, 2.45) is 0 Å². The van der Waals surface area contributed by atoms with E-state index in [1.165, 1.54) is 6.08 Å². The molecule has 3 heterocycles. The van der Waals surface area contributed by atoms with Gasteiger partial charge in [-0.1, -0.05) is 43.0 Å². The number of hydrogen-bond acceptors (Lipinski definition) is 4. The van der Waals surface area contributed by atoms with Crippen molar-refractivity contribution in [3.63, 3.8) is 0 Å². The quantitative estimate of drug-likeness (QED) is 0.629. The molecule has 2 amide bonds. The van der Waals surface area contributed by atoms with Crippen LogP contribution in [0.15, 0.2) is 67.5 Å². The van der Waals surface area contributed by atoms with Crippen LogP contribution in [0.4, 0.5) is 10.5 Å². The van der Waals surface area contributed by atoms with E-state index < -0.39 is 6.09 Å². The lowest BCUT2D eigenvalue weighted by Crippen LogP contribution is -2.33. The number of aromatic amines is 1. The number of nitrogens with zero attached hydrogens (tertiary/aromatic N) is 2. The summed E-state index contributed by atoms with van der Waals surface area (Å²) in [5.41, 5.74) is 4.37. The van der Waals surface area contributed by atoms with Gasteiger partial charge in [-0.3, -0.25) is 10.1 Å². The molecular formula is C23H22N4O3. The number of anilines is 1. The normalized spacial score (nSPS) is 13.6. The van der Waals surface area contributed by atoms with Crippen LogP contribution < -0.4 is 5.32 Å². The molecule has 0 saturated carbocycles. The number of carbonyl (C=O) groups is 2. The SMILES string of the molecule is C=CC(=O)N1CC=C(c2c[nH]c3ncc(NC(=O)OCc4ccccc4)cc23)CC1. The lowest BCUT2D eigenvalue weighted by atomic mass is 9.99. The molecule has 0 fully saturated rings. The number of hydrogen-bond donors (Lipinski definition) is 2. The van der Waals surface area contributed by atoms with Gasteiger partial charge in [0.25, 0.3) is 0 Å². The van der Waals surface area contributed by atoms with E-state index in [1.807, 2.05) is 48.7 Å². The van der Waals surface area contributed by atoms with Gasteiger partial charge in [0.05, 0.1) is 11.9 Å². The summed E-state index contributed by atoms with van der Waals surface area (Å²) in [6.07, 6.45) is 7.08. The zero-order valence-corrected chi connectivity index (χ0v) is 16.4. The zero-order chi connectivity index (χ0) is 20.9. The van der Waals surface area contributed by atoms with Crippen molar-refractivity contribution < 1.29 is 14.3 Å². The summed E-state index contributed by atoms with van der Waals surface area (Å²) in [6, 6.07) is 11.4. The van der Waals surface area contributed by atoms with Gasteiger partial charge >= 0.3 is 6.09 Å². The molecule has 30 heavy (non-hydrogen) atoms. The predicted octanol–water partition coefficient (Wildman–Crippen LogP) is 4.11. The topological polar surface area (TPSA) is 87.3 Å².